The number of hydrogen-bond acceptors (Lipinski definition) is 5. The molecule has 1 atom stereocenters. The van der Waals surface area contributed by atoms with E-state index >= 15 is 0 Å². The second-order valence-electron chi connectivity index (χ2n) is 8.04. The molecule has 4 nitrogen and oxygen atoms in total. The Labute approximate surface area is 214 Å². The summed E-state index contributed by atoms with van der Waals surface area (Å²) in [7, 11) is 0. The standard InChI is InChI=1S/C27H22F3NO3S2/c1-16-14-21(12-13-22(16)34-15-23(32)33)35-17(2)24-25(18-6-4-3-5-7-18)36-26(31-24)19-8-10-20(11-9-19)27(28,29)30/h3-14,17H,15H2,1-2H3,(H,32,33). The zero-order valence-electron chi connectivity index (χ0n) is 19.4. The first-order chi connectivity index (χ1) is 17.1. The van der Waals surface area contributed by atoms with Crippen LogP contribution in [0.25, 0.3) is 21.0 Å². The van der Waals surface area contributed by atoms with Crippen molar-refractivity contribution in [2.45, 2.75) is 30.2 Å². The zero-order chi connectivity index (χ0) is 25.9. The predicted octanol–water partition coefficient (Wildman–Crippen LogP) is 8.12. The van der Waals surface area contributed by atoms with Gasteiger partial charge in [0.1, 0.15) is 10.8 Å². The molecular weight excluding hydrogens is 507 g/mol. The van der Waals surface area contributed by atoms with Gasteiger partial charge in [0.2, 0.25) is 0 Å². The number of thioether (sulfide) groups is 1. The molecule has 9 heteroatoms. The van der Waals surface area contributed by atoms with Crippen molar-refractivity contribution in [1.82, 2.24) is 4.98 Å². The number of alkyl halides is 3. The Hall–Kier alpha value is -3.30. The number of aliphatic carboxylic acids is 1. The quantitative estimate of drug-likeness (QED) is 0.234. The van der Waals surface area contributed by atoms with Gasteiger partial charge in [0.15, 0.2) is 6.61 Å². The summed E-state index contributed by atoms with van der Waals surface area (Å²) in [6.45, 7) is 3.48. The molecule has 36 heavy (non-hydrogen) atoms. The lowest BCUT2D eigenvalue weighted by Crippen LogP contribution is -2.10. The van der Waals surface area contributed by atoms with Crippen molar-refractivity contribution in [2.24, 2.45) is 0 Å². The van der Waals surface area contributed by atoms with Gasteiger partial charge in [0.05, 0.1) is 21.4 Å². The minimum absolute atomic E-state index is 0.0650. The molecule has 0 aliphatic heterocycles. The number of rotatable bonds is 8. The Morgan fingerprint density at radius 1 is 1.06 bits per heavy atom. The number of hydrogen-bond donors (Lipinski definition) is 1. The van der Waals surface area contributed by atoms with E-state index in [1.165, 1.54) is 23.5 Å². The molecule has 0 spiro atoms. The van der Waals surface area contributed by atoms with Crippen LogP contribution in [0.2, 0.25) is 0 Å². The molecule has 1 aromatic heterocycles. The molecule has 0 bridgehead atoms. The third-order valence-corrected chi connectivity index (χ3v) is 7.62. The van der Waals surface area contributed by atoms with Crippen molar-refractivity contribution < 1.29 is 27.8 Å². The monoisotopic (exact) mass is 529 g/mol. The van der Waals surface area contributed by atoms with Crippen LogP contribution in [0.1, 0.15) is 29.0 Å². The summed E-state index contributed by atoms with van der Waals surface area (Å²) in [6.07, 6.45) is -4.39. The molecule has 0 aliphatic carbocycles. The van der Waals surface area contributed by atoms with Crippen LogP contribution in [0.3, 0.4) is 0 Å². The van der Waals surface area contributed by atoms with Crippen molar-refractivity contribution in [3.8, 4) is 26.8 Å². The summed E-state index contributed by atoms with van der Waals surface area (Å²) in [5, 5.41) is 9.42. The molecular formula is C27H22F3NO3S2. The summed E-state index contributed by atoms with van der Waals surface area (Å²) in [6, 6.07) is 20.4. The second-order valence-corrected chi connectivity index (χ2v) is 10.5. The first kappa shape index (κ1) is 25.8. The number of aryl methyl sites for hydroxylation is 1. The summed E-state index contributed by atoms with van der Waals surface area (Å²) < 4.78 is 44.3. The van der Waals surface area contributed by atoms with Gasteiger partial charge >= 0.3 is 12.1 Å². The SMILES string of the molecule is Cc1cc(SC(C)c2nc(-c3ccc(C(F)(F)F)cc3)sc2-c2ccccc2)ccc1OCC(=O)O. The summed E-state index contributed by atoms with van der Waals surface area (Å²) in [5.74, 6) is -0.528. The number of thiazole rings is 1. The van der Waals surface area contributed by atoms with Crippen molar-refractivity contribution >= 4 is 29.1 Å². The van der Waals surface area contributed by atoms with E-state index in [1.54, 1.807) is 17.8 Å². The fourth-order valence-corrected chi connectivity index (χ4v) is 5.91. The van der Waals surface area contributed by atoms with Crippen LogP contribution in [0.4, 0.5) is 13.2 Å². The first-order valence-corrected chi connectivity index (χ1v) is 12.7. The Morgan fingerprint density at radius 2 is 1.75 bits per heavy atom. The van der Waals surface area contributed by atoms with E-state index in [1.807, 2.05) is 56.3 Å². The van der Waals surface area contributed by atoms with Crippen LogP contribution >= 0.6 is 23.1 Å². The van der Waals surface area contributed by atoms with Gasteiger partial charge in [-0.3, -0.25) is 0 Å². The van der Waals surface area contributed by atoms with E-state index in [0.29, 0.717) is 16.3 Å². The minimum atomic E-state index is -4.39. The molecule has 186 valence electrons. The van der Waals surface area contributed by atoms with Crippen molar-refractivity contribution in [1.29, 1.82) is 0 Å². The van der Waals surface area contributed by atoms with E-state index in [4.69, 9.17) is 14.8 Å². The number of benzene rings is 3. The van der Waals surface area contributed by atoms with Crippen molar-refractivity contribution in [3.05, 3.63) is 89.6 Å². The molecule has 0 saturated carbocycles. The maximum atomic E-state index is 13.0. The van der Waals surface area contributed by atoms with Crippen molar-refractivity contribution in [3.63, 3.8) is 0 Å². The number of aromatic nitrogens is 1. The Bertz CT molecular complexity index is 1350. The molecule has 4 rings (SSSR count). The zero-order valence-corrected chi connectivity index (χ0v) is 21.0. The van der Waals surface area contributed by atoms with Crippen LogP contribution in [-0.4, -0.2) is 22.7 Å². The molecule has 0 fully saturated rings. The Balaban J connectivity index is 1.64. The van der Waals surface area contributed by atoms with E-state index in [-0.39, 0.29) is 5.25 Å². The highest BCUT2D eigenvalue weighted by Crippen LogP contribution is 2.44. The molecule has 1 heterocycles. The largest absolute Gasteiger partial charge is 0.482 e. The number of carboxylic acid groups (broad SMARTS) is 1. The predicted molar refractivity (Wildman–Crippen MR) is 137 cm³/mol. The normalized spacial score (nSPS) is 12.4. The second kappa shape index (κ2) is 10.8. The van der Waals surface area contributed by atoms with E-state index in [2.05, 4.69) is 0 Å². The molecule has 4 aromatic rings. The van der Waals surface area contributed by atoms with Gasteiger partial charge in [-0.15, -0.1) is 23.1 Å². The summed E-state index contributed by atoms with van der Waals surface area (Å²) >= 11 is 3.04. The lowest BCUT2D eigenvalue weighted by Gasteiger charge is -2.13. The maximum absolute atomic E-state index is 13.0. The van der Waals surface area contributed by atoms with E-state index < -0.39 is 24.3 Å². The lowest BCUT2D eigenvalue weighted by molar-refractivity contribution is -0.139. The van der Waals surface area contributed by atoms with Gasteiger partial charge in [-0.05, 0) is 55.3 Å². The lowest BCUT2D eigenvalue weighted by atomic mass is 10.1. The van der Waals surface area contributed by atoms with Gasteiger partial charge in [-0.1, -0.05) is 42.5 Å². The van der Waals surface area contributed by atoms with Crippen LogP contribution in [0.15, 0.2) is 77.7 Å². The number of halogens is 3. The van der Waals surface area contributed by atoms with Crippen LogP contribution in [0, 0.1) is 6.92 Å². The van der Waals surface area contributed by atoms with Crippen LogP contribution in [-0.2, 0) is 11.0 Å². The highest BCUT2D eigenvalue weighted by molar-refractivity contribution is 7.99. The fourth-order valence-electron chi connectivity index (χ4n) is 3.59. The Morgan fingerprint density at radius 3 is 2.36 bits per heavy atom. The summed E-state index contributed by atoms with van der Waals surface area (Å²) in [5.41, 5.74) is 2.59. The molecule has 0 radical (unpaired) electrons. The third-order valence-electron chi connectivity index (χ3n) is 5.34. The highest BCUT2D eigenvalue weighted by Gasteiger charge is 2.30. The van der Waals surface area contributed by atoms with Gasteiger partial charge < -0.3 is 9.84 Å². The highest BCUT2D eigenvalue weighted by atomic mass is 32.2. The summed E-state index contributed by atoms with van der Waals surface area (Å²) in [4.78, 5) is 17.6. The molecule has 3 aromatic carbocycles. The molecule has 1 N–H and O–H groups in total. The first-order valence-electron chi connectivity index (χ1n) is 11.0. The molecule has 0 saturated heterocycles. The van der Waals surface area contributed by atoms with Crippen molar-refractivity contribution in [2.75, 3.05) is 6.61 Å². The van der Waals surface area contributed by atoms with Gasteiger partial charge in [0, 0.05) is 10.5 Å². The van der Waals surface area contributed by atoms with Crippen LogP contribution in [0.5, 0.6) is 5.75 Å². The fraction of sp³-hybridized carbons (Fsp3) is 0.185. The average Bonchev–Trinajstić information content (AvgIpc) is 3.29. The molecule has 0 aliphatic rings. The average molecular weight is 530 g/mol. The molecule has 1 unspecified atom stereocenters. The van der Waals surface area contributed by atoms with E-state index in [9.17, 15) is 18.0 Å². The number of carbonyl (C=O) groups is 1. The molecule has 0 amide bonds. The van der Waals surface area contributed by atoms with Gasteiger partial charge in [0.25, 0.3) is 0 Å². The topological polar surface area (TPSA) is 59.4 Å². The number of carboxylic acids is 1. The smallest absolute Gasteiger partial charge is 0.416 e. The van der Waals surface area contributed by atoms with Gasteiger partial charge in [-0.2, -0.15) is 13.2 Å². The van der Waals surface area contributed by atoms with Gasteiger partial charge in [-0.25, -0.2) is 9.78 Å². The van der Waals surface area contributed by atoms with Crippen LogP contribution < -0.4 is 4.74 Å². The van der Waals surface area contributed by atoms with E-state index in [0.717, 1.165) is 38.7 Å². The maximum Gasteiger partial charge on any atom is 0.416 e. The number of nitrogens with zero attached hydrogens (tertiary/aromatic N) is 1. The number of ether oxygens (including phenoxy) is 1. The minimum Gasteiger partial charge on any atom is -0.482 e. The Kier molecular flexibility index (Phi) is 7.70. The third kappa shape index (κ3) is 6.09.